The van der Waals surface area contributed by atoms with E-state index in [0.717, 1.165) is 16.8 Å². The van der Waals surface area contributed by atoms with Gasteiger partial charge in [0.15, 0.2) is 6.23 Å². The summed E-state index contributed by atoms with van der Waals surface area (Å²) in [5, 5.41) is 18.8. The van der Waals surface area contributed by atoms with Crippen molar-refractivity contribution < 1.29 is 19.7 Å². The molecule has 0 spiro atoms. The average molecular weight is 300 g/mol. The van der Waals surface area contributed by atoms with E-state index in [0.29, 0.717) is 4.57 Å². The topological polar surface area (TPSA) is 163 Å². The van der Waals surface area contributed by atoms with Crippen LogP contribution in [0.4, 0.5) is 0 Å². The maximum absolute atomic E-state index is 12.2. The molecule has 2 heterocycles. The van der Waals surface area contributed by atoms with Gasteiger partial charge in [-0.3, -0.25) is 14.2 Å². The van der Waals surface area contributed by atoms with Gasteiger partial charge in [0.2, 0.25) is 0 Å². The van der Waals surface area contributed by atoms with Gasteiger partial charge >= 0.3 is 5.69 Å². The van der Waals surface area contributed by atoms with Gasteiger partial charge in [-0.15, -0.1) is 0 Å². The summed E-state index contributed by atoms with van der Waals surface area (Å²) in [6.07, 6.45) is -2.14. The third kappa shape index (κ3) is 2.54. The number of carbonyl (C=O) groups excluding carboxylic acids is 1. The number of ether oxygens (including phenoxy) is 1. The first-order chi connectivity index (χ1) is 9.92. The van der Waals surface area contributed by atoms with Crippen LogP contribution in [-0.2, 0) is 4.74 Å². The molecule has 0 bridgehead atoms. The van der Waals surface area contributed by atoms with E-state index in [2.05, 4.69) is 0 Å². The van der Waals surface area contributed by atoms with Gasteiger partial charge in [0, 0.05) is 12.3 Å². The van der Waals surface area contributed by atoms with Gasteiger partial charge in [-0.25, -0.2) is 4.79 Å². The molecule has 2 rings (SSSR count). The van der Waals surface area contributed by atoms with Crippen LogP contribution in [0, 0.1) is 0 Å². The maximum atomic E-state index is 12.2. The molecular weight excluding hydrogens is 284 g/mol. The second-order valence-electron chi connectivity index (χ2n) is 4.59. The molecule has 10 heteroatoms. The summed E-state index contributed by atoms with van der Waals surface area (Å²) in [6.45, 7) is -1.000. The number of carbonyl (C=O) groups is 1. The first-order valence-corrected chi connectivity index (χ1v) is 6.19. The Kier molecular flexibility index (Phi) is 4.34. The van der Waals surface area contributed by atoms with E-state index < -0.39 is 54.8 Å². The first-order valence-electron chi connectivity index (χ1n) is 6.19. The van der Waals surface area contributed by atoms with Gasteiger partial charge in [0.1, 0.15) is 12.2 Å². The molecule has 1 aromatic heterocycles. The van der Waals surface area contributed by atoms with Crippen molar-refractivity contribution in [3.63, 3.8) is 0 Å². The van der Waals surface area contributed by atoms with Crippen molar-refractivity contribution in [2.75, 3.05) is 13.2 Å². The van der Waals surface area contributed by atoms with E-state index in [1.54, 1.807) is 0 Å². The second-order valence-corrected chi connectivity index (χ2v) is 4.59. The first kappa shape index (κ1) is 15.5. The summed E-state index contributed by atoms with van der Waals surface area (Å²) in [5.74, 6) is -0.870. The van der Waals surface area contributed by atoms with Gasteiger partial charge in [-0.2, -0.15) is 4.57 Å². The molecule has 0 amide bonds. The molecule has 21 heavy (non-hydrogen) atoms. The predicted molar refractivity (Wildman–Crippen MR) is 69.6 cm³/mol. The van der Waals surface area contributed by atoms with E-state index in [4.69, 9.17) is 21.3 Å². The minimum atomic E-state index is -1.18. The van der Waals surface area contributed by atoms with Crippen molar-refractivity contribution in [3.8, 4) is 0 Å². The Bertz CT molecular complexity index is 653. The fourth-order valence-electron chi connectivity index (χ4n) is 2.18. The molecule has 116 valence electrons. The zero-order valence-electron chi connectivity index (χ0n) is 11.0. The molecule has 4 atom stereocenters. The summed E-state index contributed by atoms with van der Waals surface area (Å²) in [5.41, 5.74) is 9.11. The van der Waals surface area contributed by atoms with Crippen LogP contribution in [0.5, 0.6) is 0 Å². The van der Waals surface area contributed by atoms with Crippen molar-refractivity contribution in [3.05, 3.63) is 33.1 Å². The molecule has 2 unspecified atom stereocenters. The van der Waals surface area contributed by atoms with E-state index in [1.165, 1.54) is 0 Å². The molecule has 1 fully saturated rings. The van der Waals surface area contributed by atoms with E-state index in [9.17, 15) is 19.5 Å². The van der Waals surface area contributed by atoms with Crippen LogP contribution >= 0.6 is 0 Å². The van der Waals surface area contributed by atoms with Gasteiger partial charge in [0.05, 0.1) is 19.2 Å². The van der Waals surface area contributed by atoms with Crippen LogP contribution in [0.2, 0.25) is 0 Å². The number of hydrogen-bond acceptors (Lipinski definition) is 8. The van der Waals surface area contributed by atoms with Crippen molar-refractivity contribution >= 4 is 5.91 Å². The molecular formula is C11H16N4O6. The fourth-order valence-corrected chi connectivity index (χ4v) is 2.18. The van der Waals surface area contributed by atoms with Crippen LogP contribution in [0.3, 0.4) is 0 Å². The third-order valence-electron chi connectivity index (χ3n) is 3.31. The molecule has 1 aliphatic heterocycles. The van der Waals surface area contributed by atoms with E-state index in [-0.39, 0.29) is 0 Å². The minimum absolute atomic E-state index is 0.370. The lowest BCUT2D eigenvalue weighted by Gasteiger charge is -2.18. The Morgan fingerprint density at radius 3 is 2.62 bits per heavy atom. The lowest BCUT2D eigenvalue weighted by Crippen LogP contribution is -2.48. The SMILES string of the molecule is NCC(=O)n1c(=O)ccn([C@H]2O[C@@H](CO)C(O)C2N)c1=O. The molecule has 6 N–H and O–H groups in total. The highest BCUT2D eigenvalue weighted by Gasteiger charge is 2.42. The molecule has 0 saturated carbocycles. The molecule has 1 aromatic rings. The highest BCUT2D eigenvalue weighted by molar-refractivity contribution is 5.80. The zero-order valence-corrected chi connectivity index (χ0v) is 11.0. The van der Waals surface area contributed by atoms with Crippen LogP contribution in [0.15, 0.2) is 21.9 Å². The lowest BCUT2D eigenvalue weighted by atomic mass is 10.1. The van der Waals surface area contributed by atoms with Crippen LogP contribution < -0.4 is 22.7 Å². The minimum Gasteiger partial charge on any atom is -0.394 e. The standard InChI is InChI=1S/C11H16N4O6/c12-3-7(18)15-6(17)1-2-14(11(15)20)10-8(13)9(19)5(4-16)21-10/h1-2,5,8-10,16,19H,3-4,12-13H2/t5-,8?,9?,10-/m0/s1. The van der Waals surface area contributed by atoms with Crippen LogP contribution in [0.1, 0.15) is 11.0 Å². The van der Waals surface area contributed by atoms with Crippen molar-refractivity contribution in [2.45, 2.75) is 24.5 Å². The van der Waals surface area contributed by atoms with Crippen LogP contribution in [0.25, 0.3) is 0 Å². The number of aromatic nitrogens is 2. The maximum Gasteiger partial charge on any atom is 0.340 e. The number of hydrogen-bond donors (Lipinski definition) is 4. The molecule has 0 aromatic carbocycles. The third-order valence-corrected chi connectivity index (χ3v) is 3.31. The summed E-state index contributed by atoms with van der Waals surface area (Å²) >= 11 is 0. The monoisotopic (exact) mass is 300 g/mol. The lowest BCUT2D eigenvalue weighted by molar-refractivity contribution is -0.0467. The highest BCUT2D eigenvalue weighted by Crippen LogP contribution is 2.26. The smallest absolute Gasteiger partial charge is 0.340 e. The second kappa shape index (κ2) is 5.87. The van der Waals surface area contributed by atoms with Crippen molar-refractivity contribution in [1.82, 2.24) is 9.13 Å². The Hall–Kier alpha value is -1.85. The predicted octanol–water partition coefficient (Wildman–Crippen LogP) is -3.81. The Morgan fingerprint density at radius 2 is 2.10 bits per heavy atom. The molecule has 1 saturated heterocycles. The van der Waals surface area contributed by atoms with E-state index >= 15 is 0 Å². The van der Waals surface area contributed by atoms with Gasteiger partial charge in [-0.1, -0.05) is 0 Å². The highest BCUT2D eigenvalue weighted by atomic mass is 16.5. The Labute approximate surface area is 118 Å². The van der Waals surface area contributed by atoms with Crippen molar-refractivity contribution in [1.29, 1.82) is 0 Å². The number of aliphatic hydroxyl groups is 2. The van der Waals surface area contributed by atoms with E-state index in [1.807, 2.05) is 0 Å². The largest absolute Gasteiger partial charge is 0.394 e. The normalized spacial score (nSPS) is 28.8. The summed E-state index contributed by atoms with van der Waals surface area (Å²) < 4.78 is 6.58. The van der Waals surface area contributed by atoms with Gasteiger partial charge in [0.25, 0.3) is 11.5 Å². The summed E-state index contributed by atoms with van der Waals surface area (Å²) in [6, 6.07) is -0.0114. The average Bonchev–Trinajstić information content (AvgIpc) is 2.75. The van der Waals surface area contributed by atoms with Gasteiger partial charge in [-0.05, 0) is 0 Å². The summed E-state index contributed by atoms with van der Waals surface area (Å²) in [4.78, 5) is 35.3. The quantitative estimate of drug-likeness (QED) is 0.441. The Morgan fingerprint density at radius 1 is 1.43 bits per heavy atom. The molecule has 10 nitrogen and oxygen atoms in total. The molecule has 0 aliphatic carbocycles. The fraction of sp³-hybridized carbons (Fsp3) is 0.545. The molecule has 1 aliphatic rings. The number of nitrogens with two attached hydrogens (primary N) is 2. The number of rotatable bonds is 3. The Balaban J connectivity index is 2.49. The molecule has 0 radical (unpaired) electrons. The number of aliphatic hydroxyl groups excluding tert-OH is 2. The van der Waals surface area contributed by atoms with Crippen molar-refractivity contribution in [2.24, 2.45) is 11.5 Å². The van der Waals surface area contributed by atoms with Gasteiger partial charge < -0.3 is 26.4 Å². The zero-order chi connectivity index (χ0) is 15.7. The van der Waals surface area contributed by atoms with Crippen LogP contribution in [-0.4, -0.2) is 56.7 Å². The number of nitrogens with zero attached hydrogens (tertiary/aromatic N) is 2. The summed E-state index contributed by atoms with van der Waals surface area (Å²) in [7, 11) is 0.